The van der Waals surface area contributed by atoms with Gasteiger partial charge in [-0.05, 0) is 25.0 Å². The van der Waals surface area contributed by atoms with Crippen LogP contribution in [0.1, 0.15) is 32.1 Å². The minimum atomic E-state index is -0.719. The van der Waals surface area contributed by atoms with Gasteiger partial charge in [-0.1, -0.05) is 19.3 Å². The molecule has 0 aliphatic heterocycles. The number of nitrogens with zero attached hydrogens (tertiary/aromatic N) is 1. The van der Waals surface area contributed by atoms with Crippen LogP contribution < -0.4 is 4.74 Å². The normalized spacial score (nSPS) is 15.8. The first-order valence-electron chi connectivity index (χ1n) is 6.67. The highest BCUT2D eigenvalue weighted by Gasteiger charge is 2.23. The molecule has 0 atom stereocenters. The second kappa shape index (κ2) is 6.45. The van der Waals surface area contributed by atoms with Gasteiger partial charge in [-0.25, -0.2) is 4.39 Å². The summed E-state index contributed by atoms with van der Waals surface area (Å²) in [6.45, 7) is -0.197. The molecule has 5 nitrogen and oxygen atoms in total. The van der Waals surface area contributed by atoms with E-state index in [9.17, 15) is 19.3 Å². The Morgan fingerprint density at radius 3 is 2.70 bits per heavy atom. The Morgan fingerprint density at radius 2 is 2.05 bits per heavy atom. The van der Waals surface area contributed by atoms with Crippen molar-refractivity contribution in [2.24, 2.45) is 5.92 Å². The molecule has 0 aromatic heterocycles. The van der Waals surface area contributed by atoms with E-state index in [0.717, 1.165) is 44.2 Å². The highest BCUT2D eigenvalue weighted by Crippen LogP contribution is 2.28. The van der Waals surface area contributed by atoms with E-state index in [0.29, 0.717) is 0 Å². The standard InChI is InChI=1S/C14H16FNO4/c15-11-6-7-14(12(8-11)16(18)19)20-9-13(17)10-4-2-1-3-5-10/h6-8,10H,1-5,9H2. The fraction of sp³-hybridized carbons (Fsp3) is 0.500. The smallest absolute Gasteiger partial charge is 0.313 e. The van der Waals surface area contributed by atoms with Gasteiger partial charge in [0.15, 0.2) is 11.5 Å². The van der Waals surface area contributed by atoms with Crippen molar-refractivity contribution in [3.63, 3.8) is 0 Å². The quantitative estimate of drug-likeness (QED) is 0.613. The lowest BCUT2D eigenvalue weighted by molar-refractivity contribution is -0.386. The molecule has 1 saturated carbocycles. The van der Waals surface area contributed by atoms with Crippen LogP contribution in [-0.4, -0.2) is 17.3 Å². The number of hydrogen-bond acceptors (Lipinski definition) is 4. The number of carbonyl (C=O) groups is 1. The molecular weight excluding hydrogens is 265 g/mol. The fourth-order valence-corrected chi connectivity index (χ4v) is 2.45. The molecule has 20 heavy (non-hydrogen) atoms. The summed E-state index contributed by atoms with van der Waals surface area (Å²) in [7, 11) is 0. The van der Waals surface area contributed by atoms with Gasteiger partial charge in [0.1, 0.15) is 12.4 Å². The number of Topliss-reactive ketones (excluding diaryl/α,β-unsaturated/α-hetero) is 1. The van der Waals surface area contributed by atoms with Gasteiger partial charge in [0.2, 0.25) is 0 Å². The molecule has 108 valence electrons. The topological polar surface area (TPSA) is 69.4 Å². The van der Waals surface area contributed by atoms with Crippen LogP contribution in [0.5, 0.6) is 5.75 Å². The van der Waals surface area contributed by atoms with E-state index in [-0.39, 0.29) is 24.1 Å². The van der Waals surface area contributed by atoms with Crippen molar-refractivity contribution in [2.75, 3.05) is 6.61 Å². The Kier molecular flexibility index (Phi) is 4.65. The van der Waals surface area contributed by atoms with E-state index in [1.807, 2.05) is 0 Å². The first-order chi connectivity index (χ1) is 9.58. The zero-order valence-electron chi connectivity index (χ0n) is 11.0. The van der Waals surface area contributed by atoms with Crippen LogP contribution in [0.25, 0.3) is 0 Å². The minimum Gasteiger partial charge on any atom is -0.479 e. The summed E-state index contributed by atoms with van der Waals surface area (Å²) < 4.78 is 18.2. The number of halogens is 1. The van der Waals surface area contributed by atoms with Gasteiger partial charge in [-0.2, -0.15) is 0 Å². The van der Waals surface area contributed by atoms with Crippen molar-refractivity contribution >= 4 is 11.5 Å². The molecule has 1 aliphatic carbocycles. The lowest BCUT2D eigenvalue weighted by Gasteiger charge is -2.20. The van der Waals surface area contributed by atoms with E-state index in [1.165, 1.54) is 6.07 Å². The fourth-order valence-electron chi connectivity index (χ4n) is 2.45. The van der Waals surface area contributed by atoms with Crippen LogP contribution in [0.4, 0.5) is 10.1 Å². The third-order valence-electron chi connectivity index (χ3n) is 3.55. The van der Waals surface area contributed by atoms with Gasteiger partial charge in [0.25, 0.3) is 0 Å². The number of nitro groups is 1. The van der Waals surface area contributed by atoms with Crippen LogP contribution in [0.15, 0.2) is 18.2 Å². The molecule has 2 rings (SSSR count). The van der Waals surface area contributed by atoms with E-state index in [4.69, 9.17) is 4.74 Å². The molecule has 1 fully saturated rings. The second-order valence-corrected chi connectivity index (χ2v) is 4.96. The molecule has 0 saturated heterocycles. The van der Waals surface area contributed by atoms with Crippen molar-refractivity contribution in [1.82, 2.24) is 0 Å². The minimum absolute atomic E-state index is 0.0109. The number of benzene rings is 1. The number of ether oxygens (including phenoxy) is 1. The van der Waals surface area contributed by atoms with Crippen LogP contribution in [0.2, 0.25) is 0 Å². The van der Waals surface area contributed by atoms with Crippen molar-refractivity contribution < 1.29 is 18.8 Å². The molecule has 1 aromatic carbocycles. The third kappa shape index (κ3) is 3.53. The maximum absolute atomic E-state index is 13.0. The van der Waals surface area contributed by atoms with Gasteiger partial charge in [-0.15, -0.1) is 0 Å². The van der Waals surface area contributed by atoms with Gasteiger partial charge >= 0.3 is 5.69 Å². The predicted octanol–water partition coefficient (Wildman–Crippen LogP) is 3.26. The van der Waals surface area contributed by atoms with Crippen molar-refractivity contribution in [3.8, 4) is 5.75 Å². The Labute approximate surface area is 115 Å². The van der Waals surface area contributed by atoms with Gasteiger partial charge < -0.3 is 4.74 Å². The molecule has 0 bridgehead atoms. The molecular formula is C14H16FNO4. The van der Waals surface area contributed by atoms with Crippen LogP contribution in [0, 0.1) is 21.8 Å². The highest BCUT2D eigenvalue weighted by atomic mass is 19.1. The van der Waals surface area contributed by atoms with E-state index in [1.54, 1.807) is 0 Å². The van der Waals surface area contributed by atoms with Crippen LogP contribution in [-0.2, 0) is 4.79 Å². The summed E-state index contributed by atoms with van der Waals surface area (Å²) in [5.74, 6) is -0.824. The first kappa shape index (κ1) is 14.4. The summed E-state index contributed by atoms with van der Waals surface area (Å²) in [6, 6.07) is 3.05. The summed E-state index contributed by atoms with van der Waals surface area (Å²) >= 11 is 0. The zero-order valence-corrected chi connectivity index (χ0v) is 11.0. The Hall–Kier alpha value is -1.98. The van der Waals surface area contributed by atoms with E-state index >= 15 is 0 Å². The Bertz CT molecular complexity index is 512. The molecule has 0 N–H and O–H groups in total. The number of ketones is 1. The number of nitro benzene ring substituents is 1. The number of rotatable bonds is 5. The van der Waals surface area contributed by atoms with Crippen LogP contribution in [0.3, 0.4) is 0 Å². The molecule has 0 spiro atoms. The average molecular weight is 281 g/mol. The Morgan fingerprint density at radius 1 is 1.35 bits per heavy atom. The van der Waals surface area contributed by atoms with E-state index < -0.39 is 16.4 Å². The van der Waals surface area contributed by atoms with Crippen molar-refractivity contribution in [3.05, 3.63) is 34.1 Å². The summed E-state index contributed by atoms with van der Waals surface area (Å²) in [4.78, 5) is 22.0. The van der Waals surface area contributed by atoms with Crippen molar-refractivity contribution in [2.45, 2.75) is 32.1 Å². The van der Waals surface area contributed by atoms with Gasteiger partial charge in [-0.3, -0.25) is 14.9 Å². The van der Waals surface area contributed by atoms with Gasteiger partial charge in [0, 0.05) is 5.92 Å². The van der Waals surface area contributed by atoms with E-state index in [2.05, 4.69) is 0 Å². The second-order valence-electron chi connectivity index (χ2n) is 4.96. The molecule has 0 radical (unpaired) electrons. The predicted molar refractivity (Wildman–Crippen MR) is 70.1 cm³/mol. The maximum Gasteiger partial charge on any atom is 0.313 e. The summed E-state index contributed by atoms with van der Waals surface area (Å²) in [6.07, 6.45) is 4.93. The zero-order chi connectivity index (χ0) is 14.5. The molecule has 0 unspecified atom stereocenters. The number of hydrogen-bond donors (Lipinski definition) is 0. The van der Waals surface area contributed by atoms with Crippen molar-refractivity contribution in [1.29, 1.82) is 0 Å². The van der Waals surface area contributed by atoms with Gasteiger partial charge in [0.05, 0.1) is 11.0 Å². The lowest BCUT2D eigenvalue weighted by Crippen LogP contribution is -2.23. The number of carbonyl (C=O) groups excluding carboxylic acids is 1. The highest BCUT2D eigenvalue weighted by molar-refractivity contribution is 5.82. The molecule has 1 aliphatic rings. The lowest BCUT2D eigenvalue weighted by atomic mass is 9.86. The SMILES string of the molecule is O=C(COc1ccc(F)cc1[N+](=O)[O-])C1CCCCC1. The largest absolute Gasteiger partial charge is 0.479 e. The Balaban J connectivity index is 1.99. The molecule has 6 heteroatoms. The summed E-state index contributed by atoms with van der Waals surface area (Å²) in [5, 5.41) is 10.8. The first-order valence-corrected chi connectivity index (χ1v) is 6.67. The third-order valence-corrected chi connectivity index (χ3v) is 3.55. The monoisotopic (exact) mass is 281 g/mol. The average Bonchev–Trinajstić information content (AvgIpc) is 2.46. The van der Waals surface area contributed by atoms with Crippen LogP contribution >= 0.6 is 0 Å². The maximum atomic E-state index is 13.0. The molecule has 1 aromatic rings. The summed E-state index contributed by atoms with van der Waals surface area (Å²) in [5.41, 5.74) is -0.457. The molecule has 0 heterocycles. The molecule has 0 amide bonds.